The smallest absolute Gasteiger partial charge is 0.230 e. The minimum Gasteiger partial charge on any atom is -0.496 e. The minimum atomic E-state index is -0.378. The van der Waals surface area contributed by atoms with Gasteiger partial charge in [0.1, 0.15) is 5.75 Å². The molecule has 0 bridgehead atoms. The predicted molar refractivity (Wildman–Crippen MR) is 77.5 cm³/mol. The highest BCUT2D eigenvalue weighted by molar-refractivity contribution is 8.00. The molecule has 0 spiro atoms. The van der Waals surface area contributed by atoms with Crippen LogP contribution in [0.1, 0.15) is 6.92 Å². The standard InChI is InChI=1S/C13H16N4O2S/c1-8(11(14)18)20-13-16-15-12(17(13)2)9-6-4-5-7-10(9)19-3/h4-8H,1-3H3,(H2,14,18)/t8-/m0/s1. The molecule has 1 heterocycles. The number of carbonyl (C=O) groups is 1. The Bertz CT molecular complexity index is 627. The molecule has 1 aromatic carbocycles. The lowest BCUT2D eigenvalue weighted by molar-refractivity contribution is -0.117. The van der Waals surface area contributed by atoms with Crippen molar-refractivity contribution in [3.8, 4) is 17.1 Å². The first-order chi connectivity index (χ1) is 9.54. The fourth-order valence-electron chi connectivity index (χ4n) is 1.70. The summed E-state index contributed by atoms with van der Waals surface area (Å²) < 4.78 is 7.14. The van der Waals surface area contributed by atoms with Gasteiger partial charge in [0.15, 0.2) is 11.0 Å². The first-order valence-corrected chi connectivity index (χ1v) is 6.91. The maximum atomic E-state index is 11.1. The molecule has 0 saturated carbocycles. The van der Waals surface area contributed by atoms with Crippen LogP contribution in [0.3, 0.4) is 0 Å². The van der Waals surface area contributed by atoms with Crippen molar-refractivity contribution >= 4 is 17.7 Å². The molecular weight excluding hydrogens is 276 g/mol. The molecule has 1 aromatic heterocycles. The molecule has 2 rings (SSSR count). The van der Waals surface area contributed by atoms with Crippen LogP contribution in [-0.2, 0) is 11.8 Å². The second-order valence-electron chi connectivity index (χ2n) is 4.23. The third-order valence-electron chi connectivity index (χ3n) is 2.87. The van der Waals surface area contributed by atoms with Crippen LogP contribution in [0.4, 0.5) is 0 Å². The Kier molecular flexibility index (Phi) is 4.29. The van der Waals surface area contributed by atoms with Crippen LogP contribution in [-0.4, -0.2) is 33.0 Å². The Balaban J connectivity index is 2.36. The molecule has 20 heavy (non-hydrogen) atoms. The highest BCUT2D eigenvalue weighted by Crippen LogP contribution is 2.30. The number of rotatable bonds is 5. The third-order valence-corrected chi connectivity index (χ3v) is 4.02. The number of hydrogen-bond acceptors (Lipinski definition) is 5. The highest BCUT2D eigenvalue weighted by Gasteiger charge is 2.18. The Hall–Kier alpha value is -2.02. The highest BCUT2D eigenvalue weighted by atomic mass is 32.2. The van der Waals surface area contributed by atoms with E-state index in [1.807, 2.05) is 35.9 Å². The van der Waals surface area contributed by atoms with E-state index in [9.17, 15) is 4.79 Å². The molecule has 2 N–H and O–H groups in total. The summed E-state index contributed by atoms with van der Waals surface area (Å²) in [5.74, 6) is 1.03. The number of amides is 1. The summed E-state index contributed by atoms with van der Waals surface area (Å²) in [7, 11) is 3.46. The van der Waals surface area contributed by atoms with Gasteiger partial charge in [0.2, 0.25) is 5.91 Å². The number of ether oxygens (including phenoxy) is 1. The molecule has 1 amide bonds. The van der Waals surface area contributed by atoms with E-state index in [0.29, 0.717) is 11.0 Å². The van der Waals surface area contributed by atoms with Crippen LogP contribution in [0.25, 0.3) is 11.4 Å². The molecule has 2 aromatic rings. The van der Waals surface area contributed by atoms with Crippen LogP contribution in [0, 0.1) is 0 Å². The van der Waals surface area contributed by atoms with Crippen LogP contribution in [0.15, 0.2) is 29.4 Å². The van der Waals surface area contributed by atoms with Gasteiger partial charge in [-0.2, -0.15) is 0 Å². The average molecular weight is 292 g/mol. The first-order valence-electron chi connectivity index (χ1n) is 6.03. The van der Waals surface area contributed by atoms with E-state index in [1.54, 1.807) is 14.0 Å². The zero-order valence-corrected chi connectivity index (χ0v) is 12.3. The van der Waals surface area contributed by atoms with Gasteiger partial charge in [-0.1, -0.05) is 23.9 Å². The molecule has 0 aliphatic heterocycles. The van der Waals surface area contributed by atoms with Crippen LogP contribution in [0.5, 0.6) is 5.75 Å². The van der Waals surface area contributed by atoms with Crippen molar-refractivity contribution in [2.75, 3.05) is 7.11 Å². The van der Waals surface area contributed by atoms with Crippen molar-refractivity contribution in [2.45, 2.75) is 17.3 Å². The Labute approximate surface area is 121 Å². The number of nitrogens with zero attached hydrogens (tertiary/aromatic N) is 3. The normalized spacial score (nSPS) is 12.2. The first kappa shape index (κ1) is 14.4. The van der Waals surface area contributed by atoms with Gasteiger partial charge in [0.05, 0.1) is 17.9 Å². The summed E-state index contributed by atoms with van der Waals surface area (Å²) in [6.07, 6.45) is 0. The molecule has 0 unspecified atom stereocenters. The van der Waals surface area contributed by atoms with Gasteiger partial charge in [-0.05, 0) is 19.1 Å². The molecule has 0 radical (unpaired) electrons. The predicted octanol–water partition coefficient (Wildman–Crippen LogP) is 1.46. The maximum absolute atomic E-state index is 11.1. The SMILES string of the molecule is COc1ccccc1-c1nnc(S[C@@H](C)C(N)=O)n1C. The van der Waals surface area contributed by atoms with Crippen molar-refractivity contribution < 1.29 is 9.53 Å². The molecule has 1 atom stereocenters. The summed E-state index contributed by atoms with van der Waals surface area (Å²) in [5.41, 5.74) is 6.11. The number of hydrogen-bond donors (Lipinski definition) is 1. The number of primary amides is 1. The summed E-state index contributed by atoms with van der Waals surface area (Å²) in [4.78, 5) is 11.1. The number of methoxy groups -OCH3 is 1. The van der Waals surface area contributed by atoms with Gasteiger partial charge in [-0.25, -0.2) is 0 Å². The molecule has 0 saturated heterocycles. The monoisotopic (exact) mass is 292 g/mol. The molecular formula is C13H16N4O2S. The fraction of sp³-hybridized carbons (Fsp3) is 0.308. The number of benzene rings is 1. The molecule has 6 nitrogen and oxygen atoms in total. The molecule has 7 heteroatoms. The van der Waals surface area contributed by atoms with Gasteiger partial charge in [-0.15, -0.1) is 10.2 Å². The van der Waals surface area contributed by atoms with Crippen molar-refractivity contribution in [1.29, 1.82) is 0 Å². The lowest BCUT2D eigenvalue weighted by Crippen LogP contribution is -2.22. The van der Waals surface area contributed by atoms with Gasteiger partial charge < -0.3 is 15.0 Å². The van der Waals surface area contributed by atoms with Gasteiger partial charge >= 0.3 is 0 Å². The van der Waals surface area contributed by atoms with E-state index in [1.165, 1.54) is 11.8 Å². The zero-order chi connectivity index (χ0) is 14.7. The van der Waals surface area contributed by atoms with Crippen LogP contribution >= 0.6 is 11.8 Å². The summed E-state index contributed by atoms with van der Waals surface area (Å²) in [6.45, 7) is 1.74. The number of thioether (sulfide) groups is 1. The molecule has 0 fully saturated rings. The summed E-state index contributed by atoms with van der Waals surface area (Å²) >= 11 is 1.28. The number of para-hydroxylation sites is 1. The van der Waals surface area contributed by atoms with Crippen molar-refractivity contribution in [3.63, 3.8) is 0 Å². The minimum absolute atomic E-state index is 0.358. The summed E-state index contributed by atoms with van der Waals surface area (Å²) in [5, 5.41) is 8.55. The van der Waals surface area contributed by atoms with E-state index in [4.69, 9.17) is 10.5 Å². The average Bonchev–Trinajstić information content (AvgIpc) is 2.80. The maximum Gasteiger partial charge on any atom is 0.230 e. The van der Waals surface area contributed by atoms with E-state index in [-0.39, 0.29) is 11.2 Å². The van der Waals surface area contributed by atoms with E-state index >= 15 is 0 Å². The van der Waals surface area contributed by atoms with E-state index in [2.05, 4.69) is 10.2 Å². The van der Waals surface area contributed by atoms with E-state index in [0.717, 1.165) is 11.3 Å². The van der Waals surface area contributed by atoms with Crippen molar-refractivity contribution in [3.05, 3.63) is 24.3 Å². The number of nitrogens with two attached hydrogens (primary N) is 1. The Morgan fingerprint density at radius 2 is 2.10 bits per heavy atom. The fourth-order valence-corrected chi connectivity index (χ4v) is 2.46. The summed E-state index contributed by atoms with van der Waals surface area (Å²) in [6, 6.07) is 7.58. The van der Waals surface area contributed by atoms with Crippen molar-refractivity contribution in [2.24, 2.45) is 12.8 Å². The molecule has 0 aliphatic carbocycles. The number of carbonyl (C=O) groups excluding carboxylic acids is 1. The molecule has 106 valence electrons. The number of aromatic nitrogens is 3. The van der Waals surface area contributed by atoms with Gasteiger partial charge in [-0.3, -0.25) is 4.79 Å². The lowest BCUT2D eigenvalue weighted by Gasteiger charge is -2.09. The van der Waals surface area contributed by atoms with Crippen LogP contribution in [0.2, 0.25) is 0 Å². The lowest BCUT2D eigenvalue weighted by atomic mass is 10.2. The molecule has 0 aliphatic rings. The Morgan fingerprint density at radius 3 is 2.75 bits per heavy atom. The van der Waals surface area contributed by atoms with E-state index < -0.39 is 0 Å². The van der Waals surface area contributed by atoms with Crippen molar-refractivity contribution in [1.82, 2.24) is 14.8 Å². The third kappa shape index (κ3) is 2.77. The van der Waals surface area contributed by atoms with Crippen LogP contribution < -0.4 is 10.5 Å². The van der Waals surface area contributed by atoms with Gasteiger partial charge in [0.25, 0.3) is 0 Å². The largest absolute Gasteiger partial charge is 0.496 e. The van der Waals surface area contributed by atoms with Gasteiger partial charge in [0, 0.05) is 7.05 Å². The second-order valence-corrected chi connectivity index (χ2v) is 5.54. The second kappa shape index (κ2) is 5.96. The topological polar surface area (TPSA) is 83.0 Å². The Morgan fingerprint density at radius 1 is 1.40 bits per heavy atom. The zero-order valence-electron chi connectivity index (χ0n) is 11.5. The quantitative estimate of drug-likeness (QED) is 0.843.